The van der Waals surface area contributed by atoms with Crippen LogP contribution in [0.2, 0.25) is 0 Å². The summed E-state index contributed by atoms with van der Waals surface area (Å²) in [6.45, 7) is 4.80. The minimum Gasteiger partial charge on any atom is -0.370 e. The average molecular weight is 760 g/mol. The Morgan fingerprint density at radius 1 is 0.978 bits per heavy atom. The molecule has 1 aliphatic heterocycles. The van der Waals surface area contributed by atoms with Crippen LogP contribution in [-0.4, -0.2) is 57.8 Å². The first kappa shape index (κ1) is 33.3. The number of rotatable bonds is 10. The van der Waals surface area contributed by atoms with Gasteiger partial charge in [0.05, 0.1) is 16.0 Å². The lowest BCUT2D eigenvalue weighted by atomic mass is 9.92. The third kappa shape index (κ3) is 7.51. The lowest BCUT2D eigenvalue weighted by molar-refractivity contribution is 0.184. The van der Waals surface area contributed by atoms with Crippen LogP contribution < -0.4 is 10.5 Å². The number of hydrogen-bond acceptors (Lipinski definition) is 5. The molecule has 4 N–H and O–H groups in total. The molecule has 9 nitrogen and oxygen atoms in total. The molecule has 0 saturated carbocycles. The molecule has 3 atom stereocenters. The van der Waals surface area contributed by atoms with E-state index in [9.17, 15) is 16.8 Å². The highest BCUT2D eigenvalue weighted by atomic mass is 127. The number of likely N-dealkylation sites (tertiary alicyclic amines) is 1. The minimum atomic E-state index is -4.22. The second-order valence-corrected chi connectivity index (χ2v) is 16.5. The van der Waals surface area contributed by atoms with Gasteiger partial charge >= 0.3 is 0 Å². The highest BCUT2D eigenvalue weighted by Crippen LogP contribution is 2.34. The summed E-state index contributed by atoms with van der Waals surface area (Å²) in [5.74, 6) is -0.844. The van der Waals surface area contributed by atoms with Crippen LogP contribution in [0.15, 0.2) is 101 Å². The largest absolute Gasteiger partial charge is 0.370 e. The molecule has 5 rings (SSSR count). The Hall–Kier alpha value is -3.04. The van der Waals surface area contributed by atoms with Gasteiger partial charge in [0.1, 0.15) is 0 Å². The van der Waals surface area contributed by atoms with Crippen molar-refractivity contribution in [3.05, 3.63) is 106 Å². The third-order valence-corrected chi connectivity index (χ3v) is 12.4. The number of guanidine groups is 1. The van der Waals surface area contributed by atoms with Crippen LogP contribution >= 0.6 is 22.6 Å². The number of aryl methyl sites for hydroxylation is 1. The molecule has 0 radical (unpaired) electrons. The Bertz CT molecular complexity index is 1880. The zero-order valence-corrected chi connectivity index (χ0v) is 29.0. The van der Waals surface area contributed by atoms with Crippen LogP contribution in [0.4, 0.5) is 0 Å². The molecular formula is C33H38IN5O4S2. The van der Waals surface area contributed by atoms with E-state index >= 15 is 0 Å². The van der Waals surface area contributed by atoms with Crippen molar-refractivity contribution in [1.82, 2.24) is 13.9 Å². The Morgan fingerprint density at radius 3 is 2.31 bits per heavy atom. The fourth-order valence-corrected chi connectivity index (χ4v) is 9.36. The van der Waals surface area contributed by atoms with E-state index in [1.54, 1.807) is 41.3 Å². The number of piperidine rings is 1. The number of sulfonamides is 2. The maximum atomic E-state index is 14.7. The first-order valence-corrected chi connectivity index (χ1v) is 18.8. The van der Waals surface area contributed by atoms with Gasteiger partial charge in [-0.1, -0.05) is 67.1 Å². The zero-order valence-electron chi connectivity index (χ0n) is 25.2. The van der Waals surface area contributed by atoms with Gasteiger partial charge in [-0.25, -0.2) is 16.8 Å². The molecule has 1 heterocycles. The lowest BCUT2D eigenvalue weighted by Crippen LogP contribution is -2.56. The van der Waals surface area contributed by atoms with Crippen molar-refractivity contribution in [2.45, 2.75) is 48.6 Å². The maximum Gasteiger partial charge on any atom is 0.244 e. The van der Waals surface area contributed by atoms with Crippen molar-refractivity contribution in [2.24, 2.45) is 11.7 Å². The molecule has 0 aliphatic carbocycles. The van der Waals surface area contributed by atoms with Gasteiger partial charge in [0, 0.05) is 29.1 Å². The van der Waals surface area contributed by atoms with E-state index in [2.05, 4.69) is 27.3 Å². The van der Waals surface area contributed by atoms with Gasteiger partial charge in [0.15, 0.2) is 5.96 Å². The summed E-state index contributed by atoms with van der Waals surface area (Å²) in [4.78, 5) is 1.87. The van der Waals surface area contributed by atoms with Gasteiger partial charge in [-0.05, 0) is 101 Å². The van der Waals surface area contributed by atoms with Gasteiger partial charge < -0.3 is 10.6 Å². The van der Waals surface area contributed by atoms with E-state index in [1.165, 1.54) is 16.4 Å². The Labute approximate surface area is 279 Å². The van der Waals surface area contributed by atoms with Crippen LogP contribution in [0.3, 0.4) is 0 Å². The van der Waals surface area contributed by atoms with Crippen molar-refractivity contribution in [1.29, 1.82) is 5.41 Å². The highest BCUT2D eigenvalue weighted by molar-refractivity contribution is 14.1. The van der Waals surface area contributed by atoms with Gasteiger partial charge in [0.25, 0.3) is 0 Å². The third-order valence-electron chi connectivity index (χ3n) is 8.42. The van der Waals surface area contributed by atoms with Crippen molar-refractivity contribution in [3.63, 3.8) is 0 Å². The molecule has 1 fully saturated rings. The number of nitrogens with zero attached hydrogens (tertiary/aromatic N) is 2. The number of fused-ring (bicyclic) bond motifs is 1. The summed E-state index contributed by atoms with van der Waals surface area (Å²) < 4.78 is 62.4. The number of nitrogens with two attached hydrogens (primary N) is 1. The van der Waals surface area contributed by atoms with Crippen LogP contribution in [-0.2, 0) is 20.0 Å². The molecule has 12 heteroatoms. The van der Waals surface area contributed by atoms with E-state index in [4.69, 9.17) is 11.1 Å². The molecule has 0 aromatic heterocycles. The van der Waals surface area contributed by atoms with Crippen molar-refractivity contribution in [3.8, 4) is 0 Å². The van der Waals surface area contributed by atoms with E-state index in [1.807, 2.05) is 56.3 Å². The molecule has 1 saturated heterocycles. The minimum absolute atomic E-state index is 0.0367. The standard InChI is InChI=1S/C33H38IN5O4S2/c1-23-12-16-29(17-13-23)45(42,43)39(22-25-7-6-20-38(21-25)33(35)36)32(37-44(40,41)28-18-14-27(34)15-19-28)24(2)30-11-5-9-26-8-3-4-10-31(26)30/h3-5,8-19,24-25,32,37H,6-7,20-22H2,1-2H3,(H3,35,36)/t24?,25-,32?/m0/s1. The number of benzene rings is 4. The van der Waals surface area contributed by atoms with E-state index in [0.29, 0.717) is 19.5 Å². The SMILES string of the molecule is Cc1ccc(S(=O)(=O)N(C[C@H]2CCCN(C(=N)N)C2)C(NS(=O)(=O)c2ccc(I)cc2)C(C)c2cccc3ccccc23)cc1. The van der Waals surface area contributed by atoms with Crippen LogP contribution in [0.5, 0.6) is 0 Å². The molecular weight excluding hydrogens is 721 g/mol. The molecule has 45 heavy (non-hydrogen) atoms. The Kier molecular flexibility index (Phi) is 10.2. The summed E-state index contributed by atoms with van der Waals surface area (Å²) in [5, 5.41) is 9.88. The smallest absolute Gasteiger partial charge is 0.244 e. The number of hydrogen-bond donors (Lipinski definition) is 3. The van der Waals surface area contributed by atoms with Gasteiger partial charge in [-0.2, -0.15) is 9.03 Å². The normalized spacial score (nSPS) is 17.3. The number of nitrogens with one attached hydrogen (secondary N) is 2. The molecule has 4 aromatic rings. The average Bonchev–Trinajstić information content (AvgIpc) is 3.02. The Balaban J connectivity index is 1.67. The predicted octanol–water partition coefficient (Wildman–Crippen LogP) is 5.46. The Morgan fingerprint density at radius 2 is 1.62 bits per heavy atom. The van der Waals surface area contributed by atoms with Crippen LogP contribution in [0, 0.1) is 21.8 Å². The van der Waals surface area contributed by atoms with E-state index in [0.717, 1.165) is 31.9 Å². The summed E-state index contributed by atoms with van der Waals surface area (Å²) in [6.07, 6.45) is 0.267. The molecule has 2 unspecified atom stereocenters. The van der Waals surface area contributed by atoms with Gasteiger partial charge in [-0.15, -0.1) is 0 Å². The zero-order chi connectivity index (χ0) is 32.4. The molecule has 0 spiro atoms. The van der Waals surface area contributed by atoms with Crippen molar-refractivity contribution >= 4 is 59.4 Å². The van der Waals surface area contributed by atoms with Crippen LogP contribution in [0.25, 0.3) is 10.8 Å². The van der Waals surface area contributed by atoms with Crippen LogP contribution in [0.1, 0.15) is 36.8 Å². The molecule has 1 aliphatic rings. The van der Waals surface area contributed by atoms with E-state index < -0.39 is 32.1 Å². The van der Waals surface area contributed by atoms with E-state index in [-0.39, 0.29) is 28.2 Å². The number of halogens is 1. The molecule has 4 aromatic carbocycles. The summed E-state index contributed by atoms with van der Waals surface area (Å²) in [6, 6.07) is 26.7. The molecule has 238 valence electrons. The maximum absolute atomic E-state index is 14.7. The summed E-state index contributed by atoms with van der Waals surface area (Å²) in [7, 11) is -8.39. The fourth-order valence-electron chi connectivity index (χ4n) is 5.96. The predicted molar refractivity (Wildman–Crippen MR) is 187 cm³/mol. The monoisotopic (exact) mass is 759 g/mol. The second-order valence-electron chi connectivity index (χ2n) is 11.6. The summed E-state index contributed by atoms with van der Waals surface area (Å²) >= 11 is 2.11. The molecule has 0 amide bonds. The van der Waals surface area contributed by atoms with Crippen molar-refractivity contribution in [2.75, 3.05) is 19.6 Å². The highest BCUT2D eigenvalue weighted by Gasteiger charge is 2.40. The topological polar surface area (TPSA) is 137 Å². The molecule has 0 bridgehead atoms. The summed E-state index contributed by atoms with van der Waals surface area (Å²) in [5.41, 5.74) is 7.56. The first-order valence-electron chi connectivity index (χ1n) is 14.8. The first-order chi connectivity index (χ1) is 21.4. The fraction of sp³-hybridized carbons (Fsp3) is 0.303. The quantitative estimate of drug-likeness (QED) is 0.0852. The van der Waals surface area contributed by atoms with Gasteiger partial charge in [0.2, 0.25) is 20.0 Å². The lowest BCUT2D eigenvalue weighted by Gasteiger charge is -2.40. The second kappa shape index (κ2) is 13.8. The van der Waals surface area contributed by atoms with Crippen molar-refractivity contribution < 1.29 is 16.8 Å². The van der Waals surface area contributed by atoms with Gasteiger partial charge in [-0.3, -0.25) is 5.41 Å².